The lowest BCUT2D eigenvalue weighted by molar-refractivity contribution is 0.209. The van der Waals surface area contributed by atoms with E-state index in [-0.39, 0.29) is 4.90 Å². The summed E-state index contributed by atoms with van der Waals surface area (Å²) in [6.45, 7) is 0. The standard InChI is InChI=1S/C14H15NO4S/c1-19-12-4-3-9-15-13(12)14(16)10-5-7-11(8-6-10)20(2,17)18/h3-9,14,16H,1-2H3. The van der Waals surface area contributed by atoms with Crippen LogP contribution in [0.5, 0.6) is 5.75 Å². The molecule has 0 radical (unpaired) electrons. The second kappa shape index (κ2) is 5.60. The molecule has 0 saturated carbocycles. The zero-order valence-corrected chi connectivity index (χ0v) is 12.0. The summed E-state index contributed by atoms with van der Waals surface area (Å²) in [5, 5.41) is 10.3. The Kier molecular flexibility index (Phi) is 4.06. The number of hydrogen-bond acceptors (Lipinski definition) is 5. The van der Waals surface area contributed by atoms with E-state index in [0.717, 1.165) is 6.26 Å². The van der Waals surface area contributed by atoms with Gasteiger partial charge in [0.05, 0.1) is 12.0 Å². The predicted octanol–water partition coefficient (Wildman–Crippen LogP) is 1.58. The Balaban J connectivity index is 2.36. The summed E-state index contributed by atoms with van der Waals surface area (Å²) >= 11 is 0. The second-order valence-electron chi connectivity index (χ2n) is 4.33. The van der Waals surface area contributed by atoms with Crippen molar-refractivity contribution in [2.75, 3.05) is 13.4 Å². The van der Waals surface area contributed by atoms with Crippen molar-refractivity contribution in [2.45, 2.75) is 11.0 Å². The molecular formula is C14H15NO4S. The summed E-state index contributed by atoms with van der Waals surface area (Å²) in [4.78, 5) is 4.31. The Bertz CT molecular complexity index is 695. The van der Waals surface area contributed by atoms with Gasteiger partial charge in [-0.3, -0.25) is 4.98 Å². The molecule has 6 heteroatoms. The molecule has 0 spiro atoms. The molecule has 5 nitrogen and oxygen atoms in total. The smallest absolute Gasteiger partial charge is 0.175 e. The minimum Gasteiger partial charge on any atom is -0.495 e. The van der Waals surface area contributed by atoms with E-state index < -0.39 is 15.9 Å². The average Bonchev–Trinajstić information content (AvgIpc) is 2.45. The maximum Gasteiger partial charge on any atom is 0.175 e. The molecule has 2 aromatic rings. The first-order valence-corrected chi connectivity index (χ1v) is 7.79. The van der Waals surface area contributed by atoms with Crippen LogP contribution in [0.3, 0.4) is 0 Å². The van der Waals surface area contributed by atoms with Crippen LogP contribution in [0.2, 0.25) is 0 Å². The number of hydrogen-bond donors (Lipinski definition) is 1. The van der Waals surface area contributed by atoms with Crippen molar-refractivity contribution in [1.82, 2.24) is 4.98 Å². The van der Waals surface area contributed by atoms with Crippen LogP contribution < -0.4 is 4.74 Å². The number of sulfone groups is 1. The highest BCUT2D eigenvalue weighted by molar-refractivity contribution is 7.90. The fourth-order valence-electron chi connectivity index (χ4n) is 1.84. The largest absolute Gasteiger partial charge is 0.495 e. The van der Waals surface area contributed by atoms with Gasteiger partial charge in [-0.1, -0.05) is 12.1 Å². The highest BCUT2D eigenvalue weighted by atomic mass is 32.2. The zero-order chi connectivity index (χ0) is 14.8. The number of ether oxygens (including phenoxy) is 1. The molecule has 1 aromatic carbocycles. The van der Waals surface area contributed by atoms with Crippen molar-refractivity contribution in [3.8, 4) is 5.75 Å². The third-order valence-electron chi connectivity index (χ3n) is 2.90. The van der Waals surface area contributed by atoms with Gasteiger partial charge < -0.3 is 9.84 Å². The van der Waals surface area contributed by atoms with Gasteiger partial charge >= 0.3 is 0 Å². The van der Waals surface area contributed by atoms with Crippen molar-refractivity contribution in [2.24, 2.45) is 0 Å². The molecule has 20 heavy (non-hydrogen) atoms. The molecule has 2 rings (SSSR count). The molecular weight excluding hydrogens is 278 g/mol. The van der Waals surface area contributed by atoms with Gasteiger partial charge in [0.25, 0.3) is 0 Å². The summed E-state index contributed by atoms with van der Waals surface area (Å²) in [6, 6.07) is 9.47. The van der Waals surface area contributed by atoms with Gasteiger partial charge in [-0.15, -0.1) is 0 Å². The molecule has 0 aliphatic carbocycles. The maximum absolute atomic E-state index is 11.4. The van der Waals surface area contributed by atoms with Gasteiger partial charge in [0, 0.05) is 12.5 Å². The lowest BCUT2D eigenvalue weighted by Gasteiger charge is -2.14. The number of pyridine rings is 1. The predicted molar refractivity (Wildman–Crippen MR) is 74.4 cm³/mol. The molecule has 0 aliphatic rings. The van der Waals surface area contributed by atoms with E-state index in [1.807, 2.05) is 0 Å². The Morgan fingerprint density at radius 2 is 1.85 bits per heavy atom. The van der Waals surface area contributed by atoms with E-state index in [2.05, 4.69) is 4.98 Å². The molecule has 1 atom stereocenters. The minimum absolute atomic E-state index is 0.210. The minimum atomic E-state index is -3.24. The normalized spacial score (nSPS) is 12.9. The Morgan fingerprint density at radius 3 is 2.40 bits per heavy atom. The molecule has 0 amide bonds. The van der Waals surface area contributed by atoms with Crippen LogP contribution in [0.4, 0.5) is 0 Å². The van der Waals surface area contributed by atoms with E-state index >= 15 is 0 Å². The van der Waals surface area contributed by atoms with Gasteiger partial charge in [0.2, 0.25) is 0 Å². The number of aliphatic hydroxyl groups is 1. The summed E-state index contributed by atoms with van der Waals surface area (Å²) in [5.74, 6) is 0.479. The Hall–Kier alpha value is -1.92. The van der Waals surface area contributed by atoms with Gasteiger partial charge in [-0.2, -0.15) is 0 Å². The van der Waals surface area contributed by atoms with E-state index in [1.165, 1.54) is 19.2 Å². The summed E-state index contributed by atoms with van der Waals surface area (Å²) in [5.41, 5.74) is 0.941. The molecule has 0 bridgehead atoms. The number of rotatable bonds is 4. The van der Waals surface area contributed by atoms with Crippen LogP contribution in [0.25, 0.3) is 0 Å². The summed E-state index contributed by atoms with van der Waals surface area (Å²) < 4.78 is 27.9. The number of nitrogens with zero attached hydrogens (tertiary/aromatic N) is 1. The summed E-state index contributed by atoms with van der Waals surface area (Å²) in [6.07, 6.45) is 1.73. The van der Waals surface area contributed by atoms with Gasteiger partial charge in [-0.25, -0.2) is 8.42 Å². The quantitative estimate of drug-likeness (QED) is 0.926. The average molecular weight is 293 g/mol. The van der Waals surface area contributed by atoms with Crippen LogP contribution in [-0.2, 0) is 9.84 Å². The van der Waals surface area contributed by atoms with Gasteiger partial charge in [-0.05, 0) is 29.8 Å². The van der Waals surface area contributed by atoms with Crippen LogP contribution in [0.15, 0.2) is 47.5 Å². The number of methoxy groups -OCH3 is 1. The Labute approximate surface area is 117 Å². The van der Waals surface area contributed by atoms with Crippen molar-refractivity contribution >= 4 is 9.84 Å². The van der Waals surface area contributed by atoms with E-state index in [1.54, 1.807) is 30.5 Å². The highest BCUT2D eigenvalue weighted by Crippen LogP contribution is 2.28. The van der Waals surface area contributed by atoms with E-state index in [4.69, 9.17) is 4.74 Å². The number of benzene rings is 1. The van der Waals surface area contributed by atoms with Crippen molar-refractivity contribution < 1.29 is 18.3 Å². The van der Waals surface area contributed by atoms with E-state index in [0.29, 0.717) is 17.0 Å². The highest BCUT2D eigenvalue weighted by Gasteiger charge is 2.17. The SMILES string of the molecule is COc1cccnc1C(O)c1ccc(S(C)(=O)=O)cc1. The van der Waals surface area contributed by atoms with Crippen LogP contribution >= 0.6 is 0 Å². The molecule has 0 saturated heterocycles. The van der Waals surface area contributed by atoms with Crippen LogP contribution in [-0.4, -0.2) is 31.9 Å². The fraction of sp³-hybridized carbons (Fsp3) is 0.214. The van der Waals surface area contributed by atoms with Gasteiger partial charge in [0.15, 0.2) is 9.84 Å². The molecule has 1 aromatic heterocycles. The first kappa shape index (κ1) is 14.5. The summed E-state index contributed by atoms with van der Waals surface area (Å²) in [7, 11) is -1.74. The second-order valence-corrected chi connectivity index (χ2v) is 6.35. The first-order valence-electron chi connectivity index (χ1n) is 5.90. The van der Waals surface area contributed by atoms with Crippen molar-refractivity contribution in [3.05, 3.63) is 53.9 Å². The molecule has 1 N–H and O–H groups in total. The lowest BCUT2D eigenvalue weighted by atomic mass is 10.1. The third-order valence-corrected chi connectivity index (χ3v) is 4.03. The van der Waals surface area contributed by atoms with E-state index in [9.17, 15) is 13.5 Å². The fourth-order valence-corrected chi connectivity index (χ4v) is 2.47. The van der Waals surface area contributed by atoms with Crippen LogP contribution in [0, 0.1) is 0 Å². The molecule has 1 unspecified atom stereocenters. The maximum atomic E-state index is 11.4. The van der Waals surface area contributed by atoms with Crippen molar-refractivity contribution in [3.63, 3.8) is 0 Å². The molecule has 0 aliphatic heterocycles. The van der Waals surface area contributed by atoms with Crippen molar-refractivity contribution in [1.29, 1.82) is 0 Å². The molecule has 1 heterocycles. The zero-order valence-electron chi connectivity index (χ0n) is 11.1. The molecule has 106 valence electrons. The topological polar surface area (TPSA) is 76.5 Å². The lowest BCUT2D eigenvalue weighted by Crippen LogP contribution is -2.05. The number of aliphatic hydroxyl groups excluding tert-OH is 1. The Morgan fingerprint density at radius 1 is 1.20 bits per heavy atom. The van der Waals surface area contributed by atoms with Crippen LogP contribution in [0.1, 0.15) is 17.4 Å². The number of aromatic nitrogens is 1. The monoisotopic (exact) mass is 293 g/mol. The molecule has 0 fully saturated rings. The first-order chi connectivity index (χ1) is 9.43. The third kappa shape index (κ3) is 2.97. The van der Waals surface area contributed by atoms with Gasteiger partial charge in [0.1, 0.15) is 17.5 Å².